The van der Waals surface area contributed by atoms with Crippen molar-refractivity contribution in [3.8, 4) is 0 Å². The summed E-state index contributed by atoms with van der Waals surface area (Å²) in [5.41, 5.74) is 1.34. The van der Waals surface area contributed by atoms with Gasteiger partial charge in [-0.2, -0.15) is 15.1 Å². The minimum atomic E-state index is -0.896. The van der Waals surface area contributed by atoms with Crippen LogP contribution >= 0.6 is 11.6 Å². The van der Waals surface area contributed by atoms with Crippen LogP contribution in [0.15, 0.2) is 0 Å². The molecule has 1 saturated heterocycles. The summed E-state index contributed by atoms with van der Waals surface area (Å²) in [4.78, 5) is 20.8. The van der Waals surface area contributed by atoms with Crippen molar-refractivity contribution in [2.75, 3.05) is 18.4 Å². The van der Waals surface area contributed by atoms with Crippen LogP contribution < -0.4 is 5.32 Å². The minimum Gasteiger partial charge on any atom is -0.465 e. The number of hydrogen-bond donors (Lipinski definition) is 3. The largest absolute Gasteiger partial charge is 0.465 e. The Balaban J connectivity index is 1.87. The average molecular weight is 311 g/mol. The van der Waals surface area contributed by atoms with Crippen molar-refractivity contribution in [3.63, 3.8) is 0 Å². The summed E-state index contributed by atoms with van der Waals surface area (Å²) in [7, 11) is 0. The van der Waals surface area contributed by atoms with Gasteiger partial charge in [-0.25, -0.2) is 4.79 Å². The van der Waals surface area contributed by atoms with Gasteiger partial charge in [-0.15, -0.1) is 0 Å². The minimum absolute atomic E-state index is 0.00156. The number of aryl methyl sites for hydroxylation is 1. The number of anilines is 1. The Morgan fingerprint density at radius 3 is 3.10 bits per heavy atom. The molecule has 112 valence electrons. The Morgan fingerprint density at radius 2 is 2.33 bits per heavy atom. The first kappa shape index (κ1) is 13.9. The topological polar surface area (TPSA) is 107 Å². The van der Waals surface area contributed by atoms with E-state index in [-0.39, 0.29) is 11.3 Å². The number of piperidine rings is 1. The first-order valence-electron chi connectivity index (χ1n) is 6.67. The zero-order valence-corrected chi connectivity index (χ0v) is 12.2. The van der Waals surface area contributed by atoms with E-state index in [0.29, 0.717) is 24.6 Å². The van der Waals surface area contributed by atoms with Crippen molar-refractivity contribution in [1.82, 2.24) is 25.1 Å². The molecule has 3 heterocycles. The van der Waals surface area contributed by atoms with Crippen LogP contribution in [0.2, 0.25) is 5.28 Å². The summed E-state index contributed by atoms with van der Waals surface area (Å²) in [6, 6.07) is -0.00156. The fourth-order valence-corrected chi connectivity index (χ4v) is 2.77. The number of rotatable bonds is 2. The van der Waals surface area contributed by atoms with E-state index in [9.17, 15) is 4.79 Å². The predicted octanol–water partition coefficient (Wildman–Crippen LogP) is 1.87. The van der Waals surface area contributed by atoms with Gasteiger partial charge in [0.15, 0.2) is 5.65 Å². The lowest BCUT2D eigenvalue weighted by Gasteiger charge is -2.31. The fraction of sp³-hybridized carbons (Fsp3) is 0.500. The van der Waals surface area contributed by atoms with Crippen LogP contribution in [0.3, 0.4) is 0 Å². The van der Waals surface area contributed by atoms with Crippen LogP contribution in [0, 0.1) is 6.92 Å². The van der Waals surface area contributed by atoms with E-state index in [4.69, 9.17) is 16.7 Å². The van der Waals surface area contributed by atoms with E-state index in [0.717, 1.165) is 23.9 Å². The van der Waals surface area contributed by atoms with E-state index >= 15 is 0 Å². The maximum atomic E-state index is 11.1. The van der Waals surface area contributed by atoms with Crippen LogP contribution in [-0.4, -0.2) is 55.4 Å². The number of hydrogen-bond acceptors (Lipinski definition) is 5. The molecule has 1 aliphatic heterocycles. The Hall–Kier alpha value is -2.09. The van der Waals surface area contributed by atoms with Crippen molar-refractivity contribution in [3.05, 3.63) is 11.0 Å². The first-order chi connectivity index (χ1) is 10.0. The highest BCUT2D eigenvalue weighted by Crippen LogP contribution is 2.25. The van der Waals surface area contributed by atoms with Gasteiger partial charge in [-0.3, -0.25) is 5.10 Å². The standard InChI is InChI=1S/C12H15ClN6O2/c1-6-8-9(15-11(13)16-10(8)18-17-6)14-7-3-2-4-19(5-7)12(20)21/h7H,2-5H2,1H3,(H,20,21)(H2,14,15,16,17,18). The van der Waals surface area contributed by atoms with Crippen molar-refractivity contribution in [2.24, 2.45) is 0 Å². The lowest BCUT2D eigenvalue weighted by molar-refractivity contribution is 0.133. The van der Waals surface area contributed by atoms with Crippen molar-refractivity contribution in [2.45, 2.75) is 25.8 Å². The molecular formula is C12H15ClN6O2. The summed E-state index contributed by atoms with van der Waals surface area (Å²) in [5.74, 6) is 0.591. The molecule has 0 aromatic carbocycles. The van der Waals surface area contributed by atoms with Crippen LogP contribution in [0.25, 0.3) is 11.0 Å². The van der Waals surface area contributed by atoms with Gasteiger partial charge in [-0.1, -0.05) is 0 Å². The summed E-state index contributed by atoms with van der Waals surface area (Å²) >= 11 is 5.91. The smallest absolute Gasteiger partial charge is 0.407 e. The molecule has 1 atom stereocenters. The van der Waals surface area contributed by atoms with Gasteiger partial charge < -0.3 is 15.3 Å². The molecule has 0 aliphatic carbocycles. The Morgan fingerprint density at radius 1 is 1.52 bits per heavy atom. The zero-order valence-electron chi connectivity index (χ0n) is 11.4. The van der Waals surface area contributed by atoms with Gasteiger partial charge in [0.05, 0.1) is 5.39 Å². The Kier molecular flexibility index (Phi) is 3.54. The SMILES string of the molecule is Cc1[nH]nc2nc(Cl)nc(NC3CCCN(C(=O)O)C3)c12. The maximum absolute atomic E-state index is 11.1. The molecule has 1 aliphatic rings. The second kappa shape index (κ2) is 5.36. The molecule has 0 radical (unpaired) electrons. The van der Waals surface area contributed by atoms with Gasteiger partial charge >= 0.3 is 6.09 Å². The predicted molar refractivity (Wildman–Crippen MR) is 77.7 cm³/mol. The number of aromatic nitrogens is 4. The number of nitrogens with one attached hydrogen (secondary N) is 2. The van der Waals surface area contributed by atoms with E-state index in [1.165, 1.54) is 4.90 Å². The molecule has 21 heavy (non-hydrogen) atoms. The molecule has 0 saturated carbocycles. The zero-order chi connectivity index (χ0) is 15.0. The summed E-state index contributed by atoms with van der Waals surface area (Å²) in [6.07, 6.45) is 0.798. The number of carbonyl (C=O) groups is 1. The summed E-state index contributed by atoms with van der Waals surface area (Å²) < 4.78 is 0. The lowest BCUT2D eigenvalue weighted by atomic mass is 10.1. The molecule has 2 aromatic heterocycles. The Labute approximate surface area is 125 Å². The highest BCUT2D eigenvalue weighted by atomic mass is 35.5. The maximum Gasteiger partial charge on any atom is 0.407 e. The van der Waals surface area contributed by atoms with E-state index < -0.39 is 6.09 Å². The van der Waals surface area contributed by atoms with E-state index in [1.54, 1.807) is 0 Å². The van der Waals surface area contributed by atoms with Gasteiger partial charge in [0, 0.05) is 24.8 Å². The highest BCUT2D eigenvalue weighted by Gasteiger charge is 2.24. The number of aromatic amines is 1. The number of likely N-dealkylation sites (tertiary alicyclic amines) is 1. The highest BCUT2D eigenvalue weighted by molar-refractivity contribution is 6.28. The van der Waals surface area contributed by atoms with Crippen molar-refractivity contribution < 1.29 is 9.90 Å². The molecule has 0 bridgehead atoms. The Bertz CT molecular complexity index is 688. The lowest BCUT2D eigenvalue weighted by Crippen LogP contribution is -2.44. The molecule has 3 rings (SSSR count). The molecule has 8 nitrogen and oxygen atoms in total. The molecule has 3 N–H and O–H groups in total. The summed E-state index contributed by atoms with van der Waals surface area (Å²) in [5, 5.41) is 20.2. The van der Waals surface area contributed by atoms with Crippen LogP contribution in [0.5, 0.6) is 0 Å². The quantitative estimate of drug-likeness (QED) is 0.731. The third-order valence-electron chi connectivity index (χ3n) is 3.60. The van der Waals surface area contributed by atoms with Crippen molar-refractivity contribution in [1.29, 1.82) is 0 Å². The second-order valence-corrected chi connectivity index (χ2v) is 5.44. The van der Waals surface area contributed by atoms with Gasteiger partial charge in [0.2, 0.25) is 5.28 Å². The molecule has 9 heteroatoms. The van der Waals surface area contributed by atoms with Crippen LogP contribution in [0.4, 0.5) is 10.6 Å². The molecule has 1 amide bonds. The van der Waals surface area contributed by atoms with Gasteiger partial charge in [0.25, 0.3) is 0 Å². The molecule has 0 spiro atoms. The second-order valence-electron chi connectivity index (χ2n) is 5.10. The first-order valence-corrected chi connectivity index (χ1v) is 7.05. The van der Waals surface area contributed by atoms with E-state index in [2.05, 4.69) is 25.5 Å². The van der Waals surface area contributed by atoms with Gasteiger partial charge in [0.1, 0.15) is 5.82 Å². The van der Waals surface area contributed by atoms with Crippen LogP contribution in [0.1, 0.15) is 18.5 Å². The molecule has 1 fully saturated rings. The molecular weight excluding hydrogens is 296 g/mol. The fourth-order valence-electron chi connectivity index (χ4n) is 2.61. The number of H-pyrrole nitrogens is 1. The third kappa shape index (κ3) is 2.71. The summed E-state index contributed by atoms with van der Waals surface area (Å²) in [6.45, 7) is 2.87. The van der Waals surface area contributed by atoms with E-state index in [1.807, 2.05) is 6.92 Å². The number of nitrogens with zero attached hydrogens (tertiary/aromatic N) is 4. The number of amides is 1. The average Bonchev–Trinajstić information content (AvgIpc) is 2.80. The van der Waals surface area contributed by atoms with Crippen LogP contribution in [-0.2, 0) is 0 Å². The number of fused-ring (bicyclic) bond motifs is 1. The van der Waals surface area contributed by atoms with Gasteiger partial charge in [-0.05, 0) is 31.4 Å². The molecule has 2 aromatic rings. The molecule has 1 unspecified atom stereocenters. The van der Waals surface area contributed by atoms with Crippen molar-refractivity contribution >= 4 is 34.5 Å². The third-order valence-corrected chi connectivity index (χ3v) is 3.77. The number of carboxylic acid groups (broad SMARTS) is 1. The monoisotopic (exact) mass is 310 g/mol. The normalized spacial score (nSPS) is 19.0. The number of halogens is 1.